The van der Waals surface area contributed by atoms with Crippen LogP contribution in [0.15, 0.2) is 29.1 Å². The minimum Gasteiger partial charge on any atom is -0.486 e. The lowest BCUT2D eigenvalue weighted by Crippen LogP contribution is -2.40. The molecule has 0 fully saturated rings. The quantitative estimate of drug-likeness (QED) is 0.542. The summed E-state index contributed by atoms with van der Waals surface area (Å²) >= 11 is 7.84. The number of rotatable bonds is 7. The molecule has 0 aliphatic carbocycles. The van der Waals surface area contributed by atoms with E-state index in [1.807, 2.05) is 23.6 Å². The molecule has 2 N–H and O–H groups in total. The molecule has 0 bridgehead atoms. The van der Waals surface area contributed by atoms with Crippen LogP contribution in [0.2, 0.25) is 5.02 Å². The van der Waals surface area contributed by atoms with Crippen molar-refractivity contribution in [3.05, 3.63) is 45.5 Å². The minimum absolute atomic E-state index is 0.102. The van der Waals surface area contributed by atoms with Crippen LogP contribution in [0.5, 0.6) is 5.75 Å². The molecule has 2 heterocycles. The summed E-state index contributed by atoms with van der Waals surface area (Å²) in [6.45, 7) is 5.84. The standard InChI is InChI=1S/C21H25ClN4O4S/c1-21(2,3)30-20(28)26(4)9-19(27)23-8-14-5-13-6-16(22)18(7-17(13)25-14)29-10-15-11-31-12-24-15/h5-7,11-12,25H,8-10H2,1-4H3,(H,23,27). The van der Waals surface area contributed by atoms with Crippen molar-refractivity contribution >= 4 is 45.8 Å². The average molecular weight is 465 g/mol. The SMILES string of the molecule is CN(CC(=O)NCc1cc2cc(Cl)c(OCc3cscn3)cc2[nH]1)C(=O)OC(C)(C)C. The molecule has 0 radical (unpaired) electrons. The number of hydrogen-bond acceptors (Lipinski definition) is 6. The Kier molecular flexibility index (Phi) is 7.07. The molecule has 0 saturated heterocycles. The average Bonchev–Trinajstić information content (AvgIpc) is 3.32. The number of ether oxygens (including phenoxy) is 2. The molecule has 0 atom stereocenters. The van der Waals surface area contributed by atoms with E-state index in [0.717, 1.165) is 22.3 Å². The molecule has 2 aromatic heterocycles. The van der Waals surface area contributed by atoms with Gasteiger partial charge in [0.15, 0.2) is 0 Å². The fourth-order valence-electron chi connectivity index (χ4n) is 2.73. The molecule has 3 aromatic rings. The van der Waals surface area contributed by atoms with E-state index in [4.69, 9.17) is 21.1 Å². The second-order valence-electron chi connectivity index (χ2n) is 8.05. The summed E-state index contributed by atoms with van der Waals surface area (Å²) in [5.74, 6) is 0.260. The third-order valence-electron chi connectivity index (χ3n) is 4.15. The lowest BCUT2D eigenvalue weighted by atomic mass is 10.2. The Balaban J connectivity index is 1.56. The van der Waals surface area contributed by atoms with E-state index in [2.05, 4.69) is 15.3 Å². The van der Waals surface area contributed by atoms with Gasteiger partial charge in [0, 0.05) is 35.1 Å². The Labute approximate surface area is 189 Å². The van der Waals surface area contributed by atoms with Crippen molar-refractivity contribution in [3.8, 4) is 5.75 Å². The van der Waals surface area contributed by atoms with Gasteiger partial charge in [-0.2, -0.15) is 0 Å². The van der Waals surface area contributed by atoms with E-state index < -0.39 is 11.7 Å². The van der Waals surface area contributed by atoms with Crippen molar-refractivity contribution in [2.75, 3.05) is 13.6 Å². The van der Waals surface area contributed by atoms with E-state index in [0.29, 0.717) is 17.4 Å². The van der Waals surface area contributed by atoms with Crippen LogP contribution in [-0.4, -0.2) is 46.1 Å². The Morgan fingerprint density at radius 3 is 2.74 bits per heavy atom. The number of aromatic nitrogens is 2. The zero-order valence-electron chi connectivity index (χ0n) is 17.8. The van der Waals surface area contributed by atoms with Crippen molar-refractivity contribution in [2.45, 2.75) is 39.5 Å². The van der Waals surface area contributed by atoms with Gasteiger partial charge in [-0.3, -0.25) is 4.79 Å². The number of fused-ring (bicyclic) bond motifs is 1. The van der Waals surface area contributed by atoms with Crippen LogP contribution >= 0.6 is 22.9 Å². The van der Waals surface area contributed by atoms with Gasteiger partial charge in [-0.25, -0.2) is 9.78 Å². The molecule has 0 aliphatic rings. The van der Waals surface area contributed by atoms with E-state index in [-0.39, 0.29) is 19.0 Å². The largest absolute Gasteiger partial charge is 0.486 e. The van der Waals surface area contributed by atoms with Gasteiger partial charge in [0.1, 0.15) is 24.5 Å². The van der Waals surface area contributed by atoms with Gasteiger partial charge < -0.3 is 24.7 Å². The van der Waals surface area contributed by atoms with Crippen LogP contribution in [0.25, 0.3) is 10.9 Å². The van der Waals surface area contributed by atoms with Crippen LogP contribution in [0.4, 0.5) is 4.79 Å². The molecule has 8 nitrogen and oxygen atoms in total. The molecule has 1 aromatic carbocycles. The van der Waals surface area contributed by atoms with Crippen molar-refractivity contribution in [1.29, 1.82) is 0 Å². The zero-order valence-corrected chi connectivity index (χ0v) is 19.4. The van der Waals surface area contributed by atoms with E-state index in [9.17, 15) is 9.59 Å². The first-order valence-electron chi connectivity index (χ1n) is 9.62. The monoisotopic (exact) mass is 464 g/mol. The van der Waals surface area contributed by atoms with Crippen LogP contribution in [0.3, 0.4) is 0 Å². The molecule has 0 unspecified atom stereocenters. The number of thiazole rings is 1. The highest BCUT2D eigenvalue weighted by molar-refractivity contribution is 7.07. The minimum atomic E-state index is -0.615. The number of nitrogens with one attached hydrogen (secondary N) is 2. The predicted molar refractivity (Wildman–Crippen MR) is 120 cm³/mol. The first kappa shape index (κ1) is 22.9. The molecule has 0 saturated carbocycles. The maximum absolute atomic E-state index is 12.2. The van der Waals surface area contributed by atoms with Gasteiger partial charge in [-0.15, -0.1) is 11.3 Å². The fourth-order valence-corrected chi connectivity index (χ4v) is 3.50. The number of nitrogens with zero attached hydrogens (tertiary/aromatic N) is 2. The normalized spacial score (nSPS) is 11.4. The number of benzene rings is 1. The molecule has 0 spiro atoms. The van der Waals surface area contributed by atoms with Crippen molar-refractivity contribution in [2.24, 2.45) is 0 Å². The number of hydrogen-bond donors (Lipinski definition) is 2. The van der Waals surface area contributed by atoms with E-state index >= 15 is 0 Å². The van der Waals surface area contributed by atoms with Crippen LogP contribution < -0.4 is 10.1 Å². The van der Waals surface area contributed by atoms with Crippen LogP contribution in [0, 0.1) is 0 Å². The lowest BCUT2D eigenvalue weighted by molar-refractivity contribution is -0.122. The zero-order chi connectivity index (χ0) is 22.6. The number of likely N-dealkylation sites (N-methyl/N-ethyl adjacent to an activating group) is 1. The first-order valence-corrected chi connectivity index (χ1v) is 10.9. The fraction of sp³-hybridized carbons (Fsp3) is 0.381. The third kappa shape index (κ3) is 6.60. The van der Waals surface area contributed by atoms with Gasteiger partial charge in [-0.05, 0) is 32.9 Å². The van der Waals surface area contributed by atoms with Crippen molar-refractivity contribution in [3.63, 3.8) is 0 Å². The lowest BCUT2D eigenvalue weighted by Gasteiger charge is -2.24. The Morgan fingerprint density at radius 2 is 2.06 bits per heavy atom. The van der Waals surface area contributed by atoms with Crippen LogP contribution in [0.1, 0.15) is 32.2 Å². The maximum Gasteiger partial charge on any atom is 0.410 e. The number of aromatic amines is 1. The van der Waals surface area contributed by atoms with Crippen LogP contribution in [-0.2, 0) is 22.7 Å². The van der Waals surface area contributed by atoms with E-state index in [1.54, 1.807) is 26.3 Å². The number of carbonyl (C=O) groups excluding carboxylic acids is 2. The molecule has 0 aliphatic heterocycles. The van der Waals surface area contributed by atoms with Crippen molar-refractivity contribution < 1.29 is 19.1 Å². The molecule has 3 rings (SSSR count). The van der Waals surface area contributed by atoms with Gasteiger partial charge in [-0.1, -0.05) is 11.6 Å². The summed E-state index contributed by atoms with van der Waals surface area (Å²) in [6.07, 6.45) is -0.548. The highest BCUT2D eigenvalue weighted by Gasteiger charge is 2.21. The molecular formula is C21H25ClN4O4S. The number of amides is 2. The first-order chi connectivity index (χ1) is 14.6. The van der Waals surface area contributed by atoms with Gasteiger partial charge in [0.2, 0.25) is 5.91 Å². The Morgan fingerprint density at radius 1 is 1.29 bits per heavy atom. The van der Waals surface area contributed by atoms with Gasteiger partial charge in [0.05, 0.1) is 22.8 Å². The summed E-state index contributed by atoms with van der Waals surface area (Å²) in [6, 6.07) is 5.54. The topological polar surface area (TPSA) is 96.5 Å². The Bertz CT molecular complexity index is 1060. The molecule has 10 heteroatoms. The van der Waals surface area contributed by atoms with Crippen molar-refractivity contribution in [1.82, 2.24) is 20.2 Å². The second-order valence-corrected chi connectivity index (χ2v) is 9.17. The highest BCUT2D eigenvalue weighted by atomic mass is 35.5. The second kappa shape index (κ2) is 9.57. The molecule has 2 amide bonds. The highest BCUT2D eigenvalue weighted by Crippen LogP contribution is 2.31. The molecule has 166 valence electrons. The summed E-state index contributed by atoms with van der Waals surface area (Å²) in [5, 5.41) is 6.11. The third-order valence-corrected chi connectivity index (χ3v) is 5.08. The summed E-state index contributed by atoms with van der Waals surface area (Å²) < 4.78 is 11.0. The number of carbonyl (C=O) groups is 2. The Hall–Kier alpha value is -2.78. The van der Waals surface area contributed by atoms with E-state index in [1.165, 1.54) is 23.3 Å². The summed E-state index contributed by atoms with van der Waals surface area (Å²) in [5.41, 5.74) is 3.62. The summed E-state index contributed by atoms with van der Waals surface area (Å²) in [4.78, 5) is 32.8. The molecular weight excluding hydrogens is 440 g/mol. The van der Waals surface area contributed by atoms with Gasteiger partial charge >= 0.3 is 6.09 Å². The van der Waals surface area contributed by atoms with Gasteiger partial charge in [0.25, 0.3) is 0 Å². The summed E-state index contributed by atoms with van der Waals surface area (Å²) in [7, 11) is 1.52. The predicted octanol–water partition coefficient (Wildman–Crippen LogP) is 4.34. The number of H-pyrrole nitrogens is 1. The number of halogens is 1. The molecule has 31 heavy (non-hydrogen) atoms. The smallest absolute Gasteiger partial charge is 0.410 e. The maximum atomic E-state index is 12.2.